The highest BCUT2D eigenvalue weighted by molar-refractivity contribution is 5.87. The number of hydrogen-bond acceptors (Lipinski definition) is 3. The fourth-order valence-corrected chi connectivity index (χ4v) is 1.11. The molecule has 0 aliphatic heterocycles. The molecule has 16 heavy (non-hydrogen) atoms. The minimum atomic E-state index is -0.543. The van der Waals surface area contributed by atoms with E-state index in [9.17, 15) is 14.0 Å². The summed E-state index contributed by atoms with van der Waals surface area (Å²) >= 11 is 0. The van der Waals surface area contributed by atoms with Gasteiger partial charge in [0.15, 0.2) is 0 Å². The lowest BCUT2D eigenvalue weighted by atomic mass is 10.1. The van der Waals surface area contributed by atoms with Gasteiger partial charge in [-0.2, -0.15) is 0 Å². The highest BCUT2D eigenvalue weighted by atomic mass is 19.1. The van der Waals surface area contributed by atoms with Crippen molar-refractivity contribution < 1.29 is 18.7 Å². The minimum absolute atomic E-state index is 0.178. The van der Waals surface area contributed by atoms with Gasteiger partial charge in [-0.15, -0.1) is 0 Å². The molecule has 0 bridgehead atoms. The first kappa shape index (κ1) is 12.1. The molecule has 0 aliphatic rings. The van der Waals surface area contributed by atoms with Crippen LogP contribution in [-0.4, -0.2) is 18.9 Å². The van der Waals surface area contributed by atoms with Crippen LogP contribution in [0.1, 0.15) is 22.8 Å². The summed E-state index contributed by atoms with van der Waals surface area (Å²) in [7, 11) is 0. The molecule has 0 aromatic heterocycles. The van der Waals surface area contributed by atoms with Crippen molar-refractivity contribution in [2.45, 2.75) is 6.92 Å². The number of hydrogen-bond donors (Lipinski definition) is 0. The maximum atomic E-state index is 13.2. The van der Waals surface area contributed by atoms with E-state index in [1.165, 1.54) is 24.3 Å². The molecule has 1 aromatic rings. The van der Waals surface area contributed by atoms with Gasteiger partial charge in [-0.05, 0) is 31.2 Å². The van der Waals surface area contributed by atoms with Crippen molar-refractivity contribution in [3.63, 3.8) is 0 Å². The summed E-state index contributed by atoms with van der Waals surface area (Å²) in [5.74, 6) is -1.04. The fourth-order valence-electron chi connectivity index (χ4n) is 1.11. The van der Waals surface area contributed by atoms with Gasteiger partial charge in [-0.1, -0.05) is 0 Å². The van der Waals surface area contributed by atoms with E-state index < -0.39 is 11.8 Å². The van der Waals surface area contributed by atoms with Crippen LogP contribution >= 0.6 is 0 Å². The molecule has 0 saturated heterocycles. The van der Waals surface area contributed by atoms with Crippen LogP contribution in [0.15, 0.2) is 24.3 Å². The smallest absolute Gasteiger partial charge is 0.330 e. The van der Waals surface area contributed by atoms with E-state index in [2.05, 4.69) is 4.74 Å². The fraction of sp³-hybridized carbons (Fsp3) is 0.167. The monoisotopic (exact) mass is 222 g/mol. The van der Waals surface area contributed by atoms with Crippen LogP contribution in [0, 0.1) is 5.82 Å². The van der Waals surface area contributed by atoms with E-state index in [1.807, 2.05) is 0 Å². The Morgan fingerprint density at radius 3 is 2.88 bits per heavy atom. The molecule has 4 heteroatoms. The van der Waals surface area contributed by atoms with Gasteiger partial charge < -0.3 is 4.74 Å². The summed E-state index contributed by atoms with van der Waals surface area (Å²) in [5, 5.41) is 0. The first-order valence-electron chi connectivity index (χ1n) is 4.77. The molecule has 0 fully saturated rings. The Bertz CT molecular complexity index is 424. The van der Waals surface area contributed by atoms with Gasteiger partial charge >= 0.3 is 5.97 Å². The summed E-state index contributed by atoms with van der Waals surface area (Å²) in [4.78, 5) is 21.5. The Kier molecular flexibility index (Phi) is 4.39. The van der Waals surface area contributed by atoms with E-state index >= 15 is 0 Å². The standard InChI is InChI=1S/C12H11FO3/c1-2-16-12(15)6-4-10-7-9(8-14)3-5-11(10)13/h3-8H,2H2,1H3. The Hall–Kier alpha value is -1.97. The molecule has 0 radical (unpaired) electrons. The van der Waals surface area contributed by atoms with Gasteiger partial charge in [0.25, 0.3) is 0 Å². The van der Waals surface area contributed by atoms with Crippen LogP contribution in [0.2, 0.25) is 0 Å². The van der Waals surface area contributed by atoms with E-state index in [4.69, 9.17) is 0 Å². The average Bonchev–Trinajstić information content (AvgIpc) is 2.28. The van der Waals surface area contributed by atoms with Crippen LogP contribution in [-0.2, 0) is 9.53 Å². The van der Waals surface area contributed by atoms with Gasteiger partial charge in [0.2, 0.25) is 0 Å². The number of carbonyl (C=O) groups is 2. The molecule has 0 saturated carbocycles. The van der Waals surface area contributed by atoms with Crippen molar-refractivity contribution in [3.05, 3.63) is 41.2 Å². The summed E-state index contributed by atoms with van der Waals surface area (Å²) in [5.41, 5.74) is 0.530. The van der Waals surface area contributed by atoms with Crippen LogP contribution in [0.3, 0.4) is 0 Å². The number of carbonyl (C=O) groups excluding carboxylic acids is 2. The molecule has 0 unspecified atom stereocenters. The highest BCUT2D eigenvalue weighted by Gasteiger charge is 2.01. The molecule has 1 aromatic carbocycles. The maximum Gasteiger partial charge on any atom is 0.330 e. The largest absolute Gasteiger partial charge is 0.463 e. The van der Waals surface area contributed by atoms with Crippen molar-refractivity contribution in [1.29, 1.82) is 0 Å². The Morgan fingerprint density at radius 1 is 1.50 bits per heavy atom. The van der Waals surface area contributed by atoms with Crippen LogP contribution in [0.25, 0.3) is 6.08 Å². The Morgan fingerprint density at radius 2 is 2.25 bits per heavy atom. The minimum Gasteiger partial charge on any atom is -0.463 e. The Balaban J connectivity index is 2.87. The summed E-state index contributed by atoms with van der Waals surface area (Å²) in [6.45, 7) is 1.94. The first-order valence-corrected chi connectivity index (χ1v) is 4.77. The molecule has 3 nitrogen and oxygen atoms in total. The van der Waals surface area contributed by atoms with Crippen LogP contribution < -0.4 is 0 Å². The zero-order chi connectivity index (χ0) is 12.0. The zero-order valence-electron chi connectivity index (χ0n) is 8.77. The lowest BCUT2D eigenvalue weighted by molar-refractivity contribution is -0.137. The van der Waals surface area contributed by atoms with E-state index in [-0.39, 0.29) is 12.2 Å². The van der Waals surface area contributed by atoms with Crippen molar-refractivity contribution >= 4 is 18.3 Å². The maximum absolute atomic E-state index is 13.2. The van der Waals surface area contributed by atoms with Gasteiger partial charge in [0.05, 0.1) is 6.61 Å². The number of aldehydes is 1. The van der Waals surface area contributed by atoms with Crippen LogP contribution in [0.5, 0.6) is 0 Å². The number of rotatable bonds is 4. The predicted octanol–water partition coefficient (Wildman–Crippen LogP) is 2.21. The SMILES string of the molecule is CCOC(=O)C=Cc1cc(C=O)ccc1F. The molecule has 0 heterocycles. The molecule has 84 valence electrons. The van der Waals surface area contributed by atoms with Crippen molar-refractivity contribution in [2.75, 3.05) is 6.61 Å². The molecule has 0 atom stereocenters. The molecule has 0 N–H and O–H groups in total. The van der Waals surface area contributed by atoms with E-state index in [1.54, 1.807) is 6.92 Å². The third-order valence-electron chi connectivity index (χ3n) is 1.84. The molecule has 0 spiro atoms. The summed E-state index contributed by atoms with van der Waals surface area (Å²) in [6, 6.07) is 3.90. The van der Waals surface area contributed by atoms with Crippen molar-refractivity contribution in [2.24, 2.45) is 0 Å². The predicted molar refractivity (Wildman–Crippen MR) is 57.5 cm³/mol. The molecule has 1 rings (SSSR count). The highest BCUT2D eigenvalue weighted by Crippen LogP contribution is 2.11. The third kappa shape index (κ3) is 3.31. The average molecular weight is 222 g/mol. The topological polar surface area (TPSA) is 43.4 Å². The second-order valence-corrected chi connectivity index (χ2v) is 2.98. The first-order chi connectivity index (χ1) is 7.67. The summed E-state index contributed by atoms with van der Waals surface area (Å²) < 4.78 is 17.9. The van der Waals surface area contributed by atoms with Gasteiger partial charge in [0, 0.05) is 17.2 Å². The zero-order valence-corrected chi connectivity index (χ0v) is 8.77. The normalized spacial score (nSPS) is 10.4. The van der Waals surface area contributed by atoms with Gasteiger partial charge in [-0.3, -0.25) is 4.79 Å². The number of halogens is 1. The van der Waals surface area contributed by atoms with Gasteiger partial charge in [0.1, 0.15) is 12.1 Å². The molecular formula is C12H11FO3. The van der Waals surface area contributed by atoms with E-state index in [0.717, 1.165) is 6.08 Å². The number of ether oxygens (including phenoxy) is 1. The Labute approximate surface area is 92.5 Å². The summed E-state index contributed by atoms with van der Waals surface area (Å²) in [6.07, 6.45) is 3.01. The lowest BCUT2D eigenvalue weighted by Gasteiger charge is -1.98. The van der Waals surface area contributed by atoms with Crippen molar-refractivity contribution in [1.82, 2.24) is 0 Å². The second-order valence-electron chi connectivity index (χ2n) is 2.98. The quantitative estimate of drug-likeness (QED) is 0.445. The third-order valence-corrected chi connectivity index (χ3v) is 1.84. The molecule has 0 aliphatic carbocycles. The van der Waals surface area contributed by atoms with Crippen molar-refractivity contribution in [3.8, 4) is 0 Å². The van der Waals surface area contributed by atoms with Gasteiger partial charge in [-0.25, -0.2) is 9.18 Å². The molecule has 0 amide bonds. The van der Waals surface area contributed by atoms with Crippen LogP contribution in [0.4, 0.5) is 4.39 Å². The number of benzene rings is 1. The lowest BCUT2D eigenvalue weighted by Crippen LogP contribution is -1.99. The van der Waals surface area contributed by atoms with E-state index in [0.29, 0.717) is 11.8 Å². The number of esters is 1. The second kappa shape index (κ2) is 5.80. The molecular weight excluding hydrogens is 211 g/mol.